The number of rotatable bonds is 7. The largest absolute Gasteiger partial charge is 0.356 e. The van der Waals surface area contributed by atoms with Gasteiger partial charge in [-0.05, 0) is 56.9 Å². The molecule has 1 fully saturated rings. The van der Waals surface area contributed by atoms with Crippen LogP contribution in [0.1, 0.15) is 55.8 Å². The predicted molar refractivity (Wildman–Crippen MR) is 112 cm³/mol. The van der Waals surface area contributed by atoms with Crippen molar-refractivity contribution >= 4 is 5.96 Å². The molecule has 5 heteroatoms. The van der Waals surface area contributed by atoms with Gasteiger partial charge in [0.25, 0.3) is 0 Å². The molecule has 2 aromatic rings. The molecular formula is C22H33N5. The summed E-state index contributed by atoms with van der Waals surface area (Å²) >= 11 is 0. The molecule has 5 nitrogen and oxygen atoms in total. The van der Waals surface area contributed by atoms with E-state index < -0.39 is 0 Å². The van der Waals surface area contributed by atoms with Crippen LogP contribution in [0.4, 0.5) is 0 Å². The summed E-state index contributed by atoms with van der Waals surface area (Å²) in [5, 5.41) is 7.08. The van der Waals surface area contributed by atoms with Gasteiger partial charge in [-0.1, -0.05) is 30.3 Å². The number of benzene rings is 1. The van der Waals surface area contributed by atoms with Gasteiger partial charge in [-0.25, -0.2) is 4.98 Å². The maximum Gasteiger partial charge on any atom is 0.191 e. The number of guanidine groups is 1. The third-order valence-electron chi connectivity index (χ3n) is 5.60. The lowest BCUT2D eigenvalue weighted by Crippen LogP contribution is -2.45. The van der Waals surface area contributed by atoms with E-state index in [2.05, 4.69) is 68.6 Å². The van der Waals surface area contributed by atoms with Crippen LogP contribution in [0.3, 0.4) is 0 Å². The summed E-state index contributed by atoms with van der Waals surface area (Å²) in [6.07, 6.45) is 11.1. The zero-order valence-electron chi connectivity index (χ0n) is 16.7. The Hall–Kier alpha value is -2.30. The molecule has 27 heavy (non-hydrogen) atoms. The van der Waals surface area contributed by atoms with E-state index in [1.165, 1.54) is 31.2 Å². The first kappa shape index (κ1) is 19.5. The van der Waals surface area contributed by atoms with E-state index in [-0.39, 0.29) is 0 Å². The van der Waals surface area contributed by atoms with Gasteiger partial charge in [-0.15, -0.1) is 0 Å². The second-order valence-electron chi connectivity index (χ2n) is 7.48. The number of aliphatic imine (C=N–C) groups is 1. The average Bonchev–Trinajstić information content (AvgIpc) is 3.13. The monoisotopic (exact) mass is 367 g/mol. The van der Waals surface area contributed by atoms with Gasteiger partial charge in [0.15, 0.2) is 5.96 Å². The minimum atomic E-state index is 0.532. The third kappa shape index (κ3) is 5.84. The van der Waals surface area contributed by atoms with Gasteiger partial charge < -0.3 is 15.2 Å². The van der Waals surface area contributed by atoms with Crippen LogP contribution in [-0.2, 0) is 6.54 Å². The molecule has 1 aliphatic carbocycles. The van der Waals surface area contributed by atoms with Gasteiger partial charge in [0.05, 0.1) is 0 Å². The van der Waals surface area contributed by atoms with Crippen molar-refractivity contribution in [2.24, 2.45) is 4.99 Å². The molecule has 1 heterocycles. The van der Waals surface area contributed by atoms with Crippen molar-refractivity contribution in [2.45, 2.75) is 64.0 Å². The molecule has 1 aromatic heterocycles. The van der Waals surface area contributed by atoms with E-state index in [4.69, 9.17) is 0 Å². The van der Waals surface area contributed by atoms with Crippen molar-refractivity contribution in [2.75, 3.05) is 13.6 Å². The Kier molecular flexibility index (Phi) is 7.31. The molecule has 1 aromatic carbocycles. The van der Waals surface area contributed by atoms with E-state index in [1.807, 2.05) is 13.2 Å². The second kappa shape index (κ2) is 10.1. The fourth-order valence-electron chi connectivity index (χ4n) is 3.94. The molecule has 0 unspecified atom stereocenters. The molecule has 146 valence electrons. The predicted octanol–water partition coefficient (Wildman–Crippen LogP) is 3.86. The Balaban J connectivity index is 1.33. The van der Waals surface area contributed by atoms with Crippen LogP contribution in [0.5, 0.6) is 0 Å². The molecule has 0 atom stereocenters. The first-order valence-corrected chi connectivity index (χ1v) is 10.3. The van der Waals surface area contributed by atoms with Gasteiger partial charge in [0, 0.05) is 38.6 Å². The molecule has 0 amide bonds. The highest BCUT2D eigenvalue weighted by molar-refractivity contribution is 5.79. The number of aryl methyl sites for hydroxylation is 2. The highest BCUT2D eigenvalue weighted by Gasteiger charge is 2.22. The maximum absolute atomic E-state index is 4.40. The quantitative estimate of drug-likeness (QED) is 0.444. The van der Waals surface area contributed by atoms with E-state index >= 15 is 0 Å². The highest BCUT2D eigenvalue weighted by Crippen LogP contribution is 2.32. The summed E-state index contributed by atoms with van der Waals surface area (Å²) in [6.45, 7) is 4.03. The minimum absolute atomic E-state index is 0.532. The molecule has 3 rings (SSSR count). The van der Waals surface area contributed by atoms with Gasteiger partial charge in [0.2, 0.25) is 0 Å². The second-order valence-corrected chi connectivity index (χ2v) is 7.48. The van der Waals surface area contributed by atoms with Crippen molar-refractivity contribution in [1.29, 1.82) is 0 Å². The molecule has 1 saturated carbocycles. The van der Waals surface area contributed by atoms with Crippen molar-refractivity contribution in [1.82, 2.24) is 20.2 Å². The van der Waals surface area contributed by atoms with Crippen LogP contribution in [0.25, 0.3) is 0 Å². The average molecular weight is 368 g/mol. The first-order chi connectivity index (χ1) is 13.3. The summed E-state index contributed by atoms with van der Waals surface area (Å²) < 4.78 is 2.21. The Morgan fingerprint density at radius 1 is 1.15 bits per heavy atom. The van der Waals surface area contributed by atoms with Gasteiger partial charge >= 0.3 is 0 Å². The van der Waals surface area contributed by atoms with Crippen LogP contribution in [0.2, 0.25) is 0 Å². The van der Waals surface area contributed by atoms with Gasteiger partial charge in [-0.3, -0.25) is 4.99 Å². The van der Waals surface area contributed by atoms with E-state index in [0.29, 0.717) is 12.0 Å². The topological polar surface area (TPSA) is 54.2 Å². The number of aromatic nitrogens is 2. The minimum Gasteiger partial charge on any atom is -0.356 e. The third-order valence-corrected chi connectivity index (χ3v) is 5.60. The van der Waals surface area contributed by atoms with Crippen molar-refractivity contribution in [3.63, 3.8) is 0 Å². The number of nitrogens with zero attached hydrogens (tertiary/aromatic N) is 3. The maximum atomic E-state index is 4.40. The first-order valence-electron chi connectivity index (χ1n) is 10.3. The summed E-state index contributed by atoms with van der Waals surface area (Å²) in [6, 6.07) is 11.5. The smallest absolute Gasteiger partial charge is 0.191 e. The van der Waals surface area contributed by atoms with E-state index in [1.54, 1.807) is 0 Å². The molecule has 0 spiro atoms. The highest BCUT2D eigenvalue weighted by atomic mass is 15.2. The van der Waals surface area contributed by atoms with Crippen molar-refractivity contribution < 1.29 is 0 Å². The molecule has 2 N–H and O–H groups in total. The van der Waals surface area contributed by atoms with Crippen molar-refractivity contribution in [3.05, 3.63) is 54.1 Å². The summed E-state index contributed by atoms with van der Waals surface area (Å²) in [4.78, 5) is 8.67. The van der Waals surface area contributed by atoms with E-state index in [0.717, 1.165) is 37.7 Å². The summed E-state index contributed by atoms with van der Waals surface area (Å²) in [5.74, 6) is 2.74. The molecular weight excluding hydrogens is 334 g/mol. The van der Waals surface area contributed by atoms with E-state index in [9.17, 15) is 0 Å². The lowest BCUT2D eigenvalue weighted by atomic mass is 9.82. The number of unbranched alkanes of at least 4 members (excludes halogenated alkanes) is 1. The fraction of sp³-hybridized carbons (Fsp3) is 0.545. The molecule has 1 aliphatic rings. The number of imidazole rings is 1. The van der Waals surface area contributed by atoms with Crippen LogP contribution in [-0.4, -0.2) is 35.1 Å². The Morgan fingerprint density at radius 3 is 2.59 bits per heavy atom. The summed E-state index contributed by atoms with van der Waals surface area (Å²) in [5.41, 5.74) is 1.49. The number of nitrogens with one attached hydrogen (secondary N) is 2. The fourth-order valence-corrected chi connectivity index (χ4v) is 3.94. The lowest BCUT2D eigenvalue weighted by Gasteiger charge is -2.30. The van der Waals surface area contributed by atoms with Crippen LogP contribution < -0.4 is 10.6 Å². The zero-order chi connectivity index (χ0) is 18.9. The van der Waals surface area contributed by atoms with Gasteiger partial charge in [-0.2, -0.15) is 0 Å². The Morgan fingerprint density at radius 2 is 1.93 bits per heavy atom. The Labute approximate surface area is 163 Å². The standard InChI is InChI=1S/C22H33N5/c1-18-24-15-17-27(18)16-7-6-14-25-22(23-2)26-21-12-10-20(11-13-21)19-8-4-3-5-9-19/h3-5,8-9,15,17,20-21H,6-7,10-14,16H2,1-2H3,(H2,23,25,26). The molecule has 0 aliphatic heterocycles. The summed E-state index contributed by atoms with van der Waals surface area (Å²) in [7, 11) is 1.86. The van der Waals surface area contributed by atoms with Gasteiger partial charge in [0.1, 0.15) is 5.82 Å². The van der Waals surface area contributed by atoms with Crippen LogP contribution in [0.15, 0.2) is 47.7 Å². The molecule has 0 bridgehead atoms. The normalized spacial score (nSPS) is 20.4. The molecule has 0 radical (unpaired) electrons. The van der Waals surface area contributed by atoms with Crippen molar-refractivity contribution in [3.8, 4) is 0 Å². The number of hydrogen-bond donors (Lipinski definition) is 2. The Bertz CT molecular complexity index is 699. The van der Waals surface area contributed by atoms with Crippen LogP contribution in [0, 0.1) is 6.92 Å². The SMILES string of the molecule is CN=C(NCCCCn1ccnc1C)NC1CCC(c2ccccc2)CC1. The van der Waals surface area contributed by atoms with Crippen LogP contribution >= 0.6 is 0 Å². The zero-order valence-corrected chi connectivity index (χ0v) is 16.7. The lowest BCUT2D eigenvalue weighted by molar-refractivity contribution is 0.371. The molecule has 0 saturated heterocycles. The number of hydrogen-bond acceptors (Lipinski definition) is 2.